The Balaban J connectivity index is 1.21. The third-order valence-corrected chi connectivity index (χ3v) is 5.88. The van der Waals surface area contributed by atoms with Gasteiger partial charge in [-0.2, -0.15) is 18.3 Å². The van der Waals surface area contributed by atoms with Gasteiger partial charge in [0, 0.05) is 37.9 Å². The summed E-state index contributed by atoms with van der Waals surface area (Å²) in [7, 11) is 0. The number of rotatable bonds is 9. The van der Waals surface area contributed by atoms with Gasteiger partial charge in [-0.1, -0.05) is 11.6 Å². The molecule has 1 aromatic heterocycles. The van der Waals surface area contributed by atoms with Crippen LogP contribution < -0.4 is 21.1 Å². The number of aromatic nitrogens is 2. The number of anilines is 1. The highest BCUT2D eigenvalue weighted by Crippen LogP contribution is 2.39. The molecule has 0 spiro atoms. The molecule has 4 rings (SSSR count). The summed E-state index contributed by atoms with van der Waals surface area (Å²) >= 11 is 0. The highest BCUT2D eigenvalue weighted by Gasteiger charge is 2.41. The minimum atomic E-state index is -4.79. The molecule has 192 valence electrons. The number of amides is 1. The molecular formula is C23H26F3N7O3. The Morgan fingerprint density at radius 2 is 2.08 bits per heavy atom. The lowest BCUT2D eigenvalue weighted by Crippen LogP contribution is -2.39. The number of hydrogen-bond acceptors (Lipinski definition) is 9. The maximum absolute atomic E-state index is 13.3. The van der Waals surface area contributed by atoms with Crippen LogP contribution in [-0.2, 0) is 14.4 Å². The van der Waals surface area contributed by atoms with Gasteiger partial charge >= 0.3 is 6.18 Å². The van der Waals surface area contributed by atoms with Crippen molar-refractivity contribution < 1.29 is 27.6 Å². The molecule has 3 N–H and O–H groups in total. The highest BCUT2D eigenvalue weighted by atomic mass is 19.4. The van der Waals surface area contributed by atoms with Gasteiger partial charge in [-0.05, 0) is 37.7 Å². The van der Waals surface area contributed by atoms with Crippen molar-refractivity contribution >= 4 is 24.0 Å². The first-order chi connectivity index (χ1) is 17.2. The van der Waals surface area contributed by atoms with Crippen LogP contribution in [0.25, 0.3) is 0 Å². The van der Waals surface area contributed by atoms with Crippen LogP contribution in [0.1, 0.15) is 44.1 Å². The molecule has 1 aliphatic carbocycles. The molecular weight excluding hydrogens is 479 g/mol. The van der Waals surface area contributed by atoms with Crippen LogP contribution in [0.15, 0.2) is 46.1 Å². The zero-order chi connectivity index (χ0) is 25.7. The minimum absolute atomic E-state index is 0.122. The van der Waals surface area contributed by atoms with Crippen LogP contribution in [0, 0.1) is 0 Å². The highest BCUT2D eigenvalue weighted by molar-refractivity contribution is 5.84. The van der Waals surface area contributed by atoms with Crippen molar-refractivity contribution in [2.24, 2.45) is 5.10 Å². The molecule has 2 aliphatic heterocycles. The molecule has 0 aromatic carbocycles. The molecule has 1 unspecified atom stereocenters. The van der Waals surface area contributed by atoms with Crippen LogP contribution >= 0.6 is 0 Å². The summed E-state index contributed by atoms with van der Waals surface area (Å²) in [4.78, 5) is 39.2. The summed E-state index contributed by atoms with van der Waals surface area (Å²) in [6, 6.07) is -0.635. The number of nitrogens with one attached hydrogen (secondary N) is 3. The Bertz CT molecular complexity index is 1120. The van der Waals surface area contributed by atoms with Crippen molar-refractivity contribution in [1.29, 1.82) is 0 Å². The van der Waals surface area contributed by atoms with Crippen molar-refractivity contribution in [3.05, 3.63) is 46.6 Å². The zero-order valence-electron chi connectivity index (χ0n) is 19.6. The number of alkyl halides is 3. The Labute approximate surface area is 205 Å². The number of hydroxylamine groups is 1. The standard InChI is InChI=1S/C23H26F3N7O3/c1-14(30-18-11-29-31-19(12-34)21(18)23(24,25)26)13-36-32-20(35)8-15-4-6-33(7-5-15)22-27-9-17(10-28-22)16-2-3-16/h4,9-11,14,16,30-31H,2-3,5-8,13H2,1H3,(H,32,35). The number of halogens is 3. The van der Waals surface area contributed by atoms with E-state index in [2.05, 4.69) is 25.9 Å². The van der Waals surface area contributed by atoms with Crippen LogP contribution in [0.3, 0.4) is 0 Å². The molecule has 1 fully saturated rings. The molecule has 0 bridgehead atoms. The van der Waals surface area contributed by atoms with E-state index >= 15 is 0 Å². The molecule has 36 heavy (non-hydrogen) atoms. The average Bonchev–Trinajstić information content (AvgIpc) is 3.69. The second kappa shape index (κ2) is 10.9. The topological polar surface area (TPSA) is 121 Å². The average molecular weight is 506 g/mol. The molecule has 1 amide bonds. The van der Waals surface area contributed by atoms with E-state index in [0.717, 1.165) is 11.8 Å². The van der Waals surface area contributed by atoms with E-state index in [9.17, 15) is 22.8 Å². The van der Waals surface area contributed by atoms with Crippen molar-refractivity contribution in [3.63, 3.8) is 0 Å². The van der Waals surface area contributed by atoms with Crippen LogP contribution in [0.4, 0.5) is 19.1 Å². The summed E-state index contributed by atoms with van der Waals surface area (Å²) in [6.45, 7) is 2.72. The third kappa shape index (κ3) is 6.49. The first kappa shape index (κ1) is 25.4. The summed E-state index contributed by atoms with van der Waals surface area (Å²) in [5.74, 6) is 2.11. The summed E-state index contributed by atoms with van der Waals surface area (Å²) in [5.41, 5.74) is 4.02. The first-order valence-electron chi connectivity index (χ1n) is 11.5. The number of nitrogens with zero attached hydrogens (tertiary/aromatic N) is 4. The van der Waals surface area contributed by atoms with E-state index in [-0.39, 0.29) is 18.9 Å². The lowest BCUT2D eigenvalue weighted by molar-refractivity contribution is -0.133. The fourth-order valence-electron chi connectivity index (χ4n) is 3.87. The SMILES string of the molecule is CC(CONC(=O)CC1=CCN(c2ncc(C3CC3)cn2)CC1)NC1=C(C(F)(F)F)C(=C=O)NN=C1. The second-order valence-electron chi connectivity index (χ2n) is 8.84. The fourth-order valence-corrected chi connectivity index (χ4v) is 3.87. The van der Waals surface area contributed by atoms with Crippen molar-refractivity contribution in [2.45, 2.75) is 50.7 Å². The largest absolute Gasteiger partial charge is 0.421 e. The Kier molecular flexibility index (Phi) is 7.70. The smallest absolute Gasteiger partial charge is 0.378 e. The maximum atomic E-state index is 13.3. The van der Waals surface area contributed by atoms with E-state index in [1.807, 2.05) is 28.8 Å². The number of hydrogen-bond donors (Lipinski definition) is 3. The van der Waals surface area contributed by atoms with Crippen molar-refractivity contribution in [3.8, 4) is 0 Å². The minimum Gasteiger partial charge on any atom is -0.378 e. The number of allylic oxidation sites excluding steroid dienone is 2. The predicted octanol–water partition coefficient (Wildman–Crippen LogP) is 2.03. The molecule has 3 heterocycles. The van der Waals surface area contributed by atoms with Crippen LogP contribution in [0.5, 0.6) is 0 Å². The first-order valence-corrected chi connectivity index (χ1v) is 11.5. The molecule has 3 aliphatic rings. The van der Waals surface area contributed by atoms with E-state index in [1.54, 1.807) is 6.92 Å². The van der Waals surface area contributed by atoms with E-state index < -0.39 is 29.2 Å². The molecule has 1 atom stereocenters. The Morgan fingerprint density at radius 3 is 2.69 bits per heavy atom. The van der Waals surface area contributed by atoms with Gasteiger partial charge in [0.25, 0.3) is 0 Å². The van der Waals surface area contributed by atoms with Crippen molar-refractivity contribution in [2.75, 3.05) is 24.6 Å². The van der Waals surface area contributed by atoms with Gasteiger partial charge in [-0.3, -0.25) is 15.1 Å². The van der Waals surface area contributed by atoms with Gasteiger partial charge < -0.3 is 10.2 Å². The van der Waals surface area contributed by atoms with Gasteiger partial charge in [0.05, 0.1) is 18.5 Å². The lowest BCUT2D eigenvalue weighted by Gasteiger charge is -2.26. The number of carbonyl (C=O) groups excluding carboxylic acids is 2. The Morgan fingerprint density at radius 1 is 1.33 bits per heavy atom. The van der Waals surface area contributed by atoms with Gasteiger partial charge in [0.2, 0.25) is 11.9 Å². The lowest BCUT2D eigenvalue weighted by atomic mass is 10.0. The van der Waals surface area contributed by atoms with Gasteiger partial charge in [-0.15, -0.1) is 0 Å². The molecule has 1 aromatic rings. The van der Waals surface area contributed by atoms with E-state index in [1.165, 1.54) is 24.3 Å². The molecule has 10 nitrogen and oxygen atoms in total. The quantitative estimate of drug-likeness (QED) is 0.265. The molecule has 0 saturated heterocycles. The molecule has 13 heteroatoms. The number of hydrazone groups is 1. The maximum Gasteiger partial charge on any atom is 0.421 e. The van der Waals surface area contributed by atoms with E-state index in [0.29, 0.717) is 31.4 Å². The van der Waals surface area contributed by atoms with Gasteiger partial charge in [0.15, 0.2) is 11.6 Å². The van der Waals surface area contributed by atoms with Gasteiger partial charge in [-0.25, -0.2) is 20.2 Å². The van der Waals surface area contributed by atoms with Crippen LogP contribution in [-0.4, -0.2) is 59.9 Å². The predicted molar refractivity (Wildman–Crippen MR) is 124 cm³/mol. The van der Waals surface area contributed by atoms with Crippen LogP contribution in [0.2, 0.25) is 0 Å². The van der Waals surface area contributed by atoms with E-state index in [4.69, 9.17) is 4.84 Å². The Hall–Kier alpha value is -3.70. The molecule has 1 saturated carbocycles. The summed E-state index contributed by atoms with van der Waals surface area (Å²) < 4.78 is 40.0. The van der Waals surface area contributed by atoms with Gasteiger partial charge in [0.1, 0.15) is 5.57 Å². The normalized spacial score (nSPS) is 18.8. The summed E-state index contributed by atoms with van der Waals surface area (Å²) in [5, 5.41) is 6.11. The summed E-state index contributed by atoms with van der Waals surface area (Å²) in [6.07, 6.45) is 5.08. The number of carbonyl (C=O) groups is 1. The van der Waals surface area contributed by atoms with Crippen molar-refractivity contribution in [1.82, 2.24) is 26.2 Å². The monoisotopic (exact) mass is 505 g/mol. The third-order valence-electron chi connectivity index (χ3n) is 5.88. The zero-order valence-corrected chi connectivity index (χ0v) is 19.6. The second-order valence-corrected chi connectivity index (χ2v) is 8.84. The molecule has 0 radical (unpaired) electrons. The fraction of sp³-hybridized carbons (Fsp3) is 0.478.